The second kappa shape index (κ2) is 4.77. The lowest BCUT2D eigenvalue weighted by molar-refractivity contribution is 0.408. The van der Waals surface area contributed by atoms with Crippen LogP contribution in [0.4, 0.5) is 0 Å². The first-order valence-electron chi connectivity index (χ1n) is 6.18. The SMILES string of the molecule is COc1c(-c2ccc3nc(C)ccc3c2)nc[nH]c1=O. The molecule has 100 valence electrons. The molecule has 0 unspecified atom stereocenters. The van der Waals surface area contributed by atoms with Gasteiger partial charge in [-0.05, 0) is 25.1 Å². The Labute approximate surface area is 115 Å². The molecule has 0 atom stereocenters. The fourth-order valence-corrected chi connectivity index (χ4v) is 2.16. The van der Waals surface area contributed by atoms with Gasteiger partial charge in [-0.2, -0.15) is 0 Å². The highest BCUT2D eigenvalue weighted by Gasteiger charge is 2.11. The van der Waals surface area contributed by atoms with E-state index in [4.69, 9.17) is 4.74 Å². The van der Waals surface area contributed by atoms with E-state index in [0.29, 0.717) is 5.69 Å². The molecule has 0 saturated heterocycles. The Hall–Kier alpha value is -2.69. The third-order valence-electron chi connectivity index (χ3n) is 3.12. The van der Waals surface area contributed by atoms with Crippen molar-refractivity contribution in [2.75, 3.05) is 7.11 Å². The van der Waals surface area contributed by atoms with E-state index in [9.17, 15) is 4.79 Å². The Morgan fingerprint density at radius 1 is 1.20 bits per heavy atom. The molecule has 20 heavy (non-hydrogen) atoms. The molecule has 0 saturated carbocycles. The van der Waals surface area contributed by atoms with E-state index < -0.39 is 0 Å². The minimum Gasteiger partial charge on any atom is -0.490 e. The fraction of sp³-hybridized carbons (Fsp3) is 0.133. The molecule has 5 heteroatoms. The number of aryl methyl sites for hydroxylation is 1. The highest BCUT2D eigenvalue weighted by molar-refractivity contribution is 5.84. The summed E-state index contributed by atoms with van der Waals surface area (Å²) in [5, 5.41) is 0.997. The number of pyridine rings is 1. The van der Waals surface area contributed by atoms with Crippen LogP contribution in [-0.4, -0.2) is 22.1 Å². The number of H-pyrrole nitrogens is 1. The van der Waals surface area contributed by atoms with Crippen molar-refractivity contribution in [1.82, 2.24) is 15.0 Å². The van der Waals surface area contributed by atoms with Gasteiger partial charge in [-0.1, -0.05) is 12.1 Å². The smallest absolute Gasteiger partial charge is 0.293 e. The maximum absolute atomic E-state index is 11.7. The molecule has 0 aliphatic heterocycles. The first-order chi connectivity index (χ1) is 9.69. The van der Waals surface area contributed by atoms with Crippen molar-refractivity contribution in [3.63, 3.8) is 0 Å². The van der Waals surface area contributed by atoms with Crippen molar-refractivity contribution in [3.8, 4) is 17.0 Å². The van der Waals surface area contributed by atoms with E-state index in [-0.39, 0.29) is 11.3 Å². The predicted octanol–water partition coefficient (Wildman–Crippen LogP) is 2.30. The number of fused-ring (bicyclic) bond motifs is 1. The van der Waals surface area contributed by atoms with Crippen molar-refractivity contribution in [1.29, 1.82) is 0 Å². The van der Waals surface area contributed by atoms with Crippen LogP contribution >= 0.6 is 0 Å². The molecule has 0 amide bonds. The quantitative estimate of drug-likeness (QED) is 0.773. The number of hydrogen-bond donors (Lipinski definition) is 1. The molecule has 5 nitrogen and oxygen atoms in total. The monoisotopic (exact) mass is 267 g/mol. The van der Waals surface area contributed by atoms with E-state index in [1.54, 1.807) is 0 Å². The Morgan fingerprint density at radius 3 is 2.85 bits per heavy atom. The van der Waals surface area contributed by atoms with Gasteiger partial charge in [0.1, 0.15) is 5.69 Å². The summed E-state index contributed by atoms with van der Waals surface area (Å²) in [6, 6.07) is 9.71. The van der Waals surface area contributed by atoms with Crippen LogP contribution < -0.4 is 10.3 Å². The minimum absolute atomic E-state index is 0.215. The number of ether oxygens (including phenoxy) is 1. The van der Waals surface area contributed by atoms with E-state index in [1.807, 2.05) is 37.3 Å². The number of nitrogens with zero attached hydrogens (tertiary/aromatic N) is 2. The minimum atomic E-state index is -0.292. The maximum Gasteiger partial charge on any atom is 0.293 e. The summed E-state index contributed by atoms with van der Waals surface area (Å²) in [6.45, 7) is 1.95. The molecule has 0 bridgehead atoms. The highest BCUT2D eigenvalue weighted by atomic mass is 16.5. The van der Waals surface area contributed by atoms with Gasteiger partial charge in [-0.15, -0.1) is 0 Å². The zero-order valence-electron chi connectivity index (χ0n) is 11.2. The summed E-state index contributed by atoms with van der Waals surface area (Å²) in [5.41, 5.74) is 2.94. The van der Waals surface area contributed by atoms with Gasteiger partial charge in [-0.25, -0.2) is 4.98 Å². The molecule has 3 rings (SSSR count). The highest BCUT2D eigenvalue weighted by Crippen LogP contribution is 2.26. The lowest BCUT2D eigenvalue weighted by atomic mass is 10.1. The van der Waals surface area contributed by atoms with Gasteiger partial charge in [0.2, 0.25) is 5.75 Å². The van der Waals surface area contributed by atoms with Gasteiger partial charge in [0.25, 0.3) is 5.56 Å². The molecule has 2 aromatic heterocycles. The standard InChI is InChI=1S/C15H13N3O2/c1-9-3-4-10-7-11(5-6-12(10)18-9)13-14(20-2)15(19)17-8-16-13/h3-8H,1-2H3,(H,16,17,19). The van der Waals surface area contributed by atoms with Crippen LogP contribution in [0.25, 0.3) is 22.2 Å². The summed E-state index contributed by atoms with van der Waals surface area (Å²) in [5.74, 6) is 0.215. The number of methoxy groups -OCH3 is 1. The molecule has 0 fully saturated rings. The van der Waals surface area contributed by atoms with E-state index >= 15 is 0 Å². The molecule has 1 aromatic carbocycles. The topological polar surface area (TPSA) is 67.9 Å². The molecule has 3 aromatic rings. The molecular weight excluding hydrogens is 254 g/mol. The number of benzene rings is 1. The van der Waals surface area contributed by atoms with Crippen LogP contribution in [0, 0.1) is 6.92 Å². The van der Waals surface area contributed by atoms with Crippen LogP contribution in [0.1, 0.15) is 5.69 Å². The average molecular weight is 267 g/mol. The summed E-state index contributed by atoms with van der Waals surface area (Å²) in [4.78, 5) is 22.9. The summed E-state index contributed by atoms with van der Waals surface area (Å²) in [7, 11) is 1.46. The number of aromatic nitrogens is 3. The van der Waals surface area contributed by atoms with E-state index in [2.05, 4.69) is 15.0 Å². The largest absolute Gasteiger partial charge is 0.490 e. The van der Waals surface area contributed by atoms with E-state index in [0.717, 1.165) is 22.2 Å². The van der Waals surface area contributed by atoms with Crippen LogP contribution in [0.15, 0.2) is 41.5 Å². The van der Waals surface area contributed by atoms with Gasteiger partial charge >= 0.3 is 0 Å². The maximum atomic E-state index is 11.7. The van der Waals surface area contributed by atoms with Crippen molar-refractivity contribution in [2.45, 2.75) is 6.92 Å². The zero-order chi connectivity index (χ0) is 14.1. The second-order valence-corrected chi connectivity index (χ2v) is 4.47. The Bertz CT molecular complexity index is 840. The first-order valence-corrected chi connectivity index (χ1v) is 6.18. The fourth-order valence-electron chi connectivity index (χ4n) is 2.16. The Balaban J connectivity index is 2.23. The molecule has 0 aliphatic rings. The number of aromatic amines is 1. The van der Waals surface area contributed by atoms with Crippen molar-refractivity contribution >= 4 is 10.9 Å². The third-order valence-corrected chi connectivity index (χ3v) is 3.12. The van der Waals surface area contributed by atoms with Gasteiger partial charge in [0, 0.05) is 16.6 Å². The van der Waals surface area contributed by atoms with Crippen molar-refractivity contribution in [2.24, 2.45) is 0 Å². The summed E-state index contributed by atoms with van der Waals surface area (Å²) < 4.78 is 5.14. The summed E-state index contributed by atoms with van der Waals surface area (Å²) >= 11 is 0. The third kappa shape index (κ3) is 2.03. The lowest BCUT2D eigenvalue weighted by Gasteiger charge is -2.07. The number of nitrogens with one attached hydrogen (secondary N) is 1. The molecule has 0 radical (unpaired) electrons. The van der Waals surface area contributed by atoms with Crippen LogP contribution in [0.5, 0.6) is 5.75 Å². The lowest BCUT2D eigenvalue weighted by Crippen LogP contribution is -2.11. The second-order valence-electron chi connectivity index (χ2n) is 4.47. The van der Waals surface area contributed by atoms with Crippen molar-refractivity contribution < 1.29 is 4.74 Å². The van der Waals surface area contributed by atoms with Gasteiger partial charge < -0.3 is 9.72 Å². The van der Waals surface area contributed by atoms with Gasteiger partial charge in [-0.3, -0.25) is 9.78 Å². The molecule has 1 N–H and O–H groups in total. The number of hydrogen-bond acceptors (Lipinski definition) is 4. The summed E-state index contributed by atoms with van der Waals surface area (Å²) in [6.07, 6.45) is 1.37. The molecule has 0 spiro atoms. The molecule has 2 heterocycles. The molecule has 0 aliphatic carbocycles. The predicted molar refractivity (Wildman–Crippen MR) is 76.9 cm³/mol. The number of rotatable bonds is 2. The van der Waals surface area contributed by atoms with Crippen LogP contribution in [-0.2, 0) is 0 Å². The zero-order valence-corrected chi connectivity index (χ0v) is 11.2. The van der Waals surface area contributed by atoms with E-state index in [1.165, 1.54) is 13.4 Å². The van der Waals surface area contributed by atoms with Crippen molar-refractivity contribution in [3.05, 3.63) is 52.7 Å². The molecular formula is C15H13N3O2. The van der Waals surface area contributed by atoms with Crippen LogP contribution in [0.2, 0.25) is 0 Å². The van der Waals surface area contributed by atoms with Crippen LogP contribution in [0.3, 0.4) is 0 Å². The Kier molecular flexibility index (Phi) is 2.95. The Morgan fingerprint density at radius 2 is 2.05 bits per heavy atom. The van der Waals surface area contributed by atoms with Gasteiger partial charge in [0.15, 0.2) is 0 Å². The average Bonchev–Trinajstić information content (AvgIpc) is 2.46. The normalized spacial score (nSPS) is 10.7. The van der Waals surface area contributed by atoms with Gasteiger partial charge in [0.05, 0.1) is 19.0 Å². The first kappa shape index (κ1) is 12.3.